The van der Waals surface area contributed by atoms with Crippen LogP contribution in [0.1, 0.15) is 5.56 Å². The van der Waals surface area contributed by atoms with Crippen molar-refractivity contribution in [1.29, 1.82) is 0 Å². The molecule has 2 aromatic heterocycles. The first-order chi connectivity index (χ1) is 15.6. The Labute approximate surface area is 188 Å². The fraction of sp³-hybridized carbons (Fsp3) is 0.0400. The van der Waals surface area contributed by atoms with Gasteiger partial charge < -0.3 is 5.32 Å². The Morgan fingerprint density at radius 3 is 2.38 bits per heavy atom. The number of hydrogen-bond acceptors (Lipinski definition) is 6. The van der Waals surface area contributed by atoms with Crippen LogP contribution < -0.4 is 5.32 Å². The van der Waals surface area contributed by atoms with Gasteiger partial charge in [0.1, 0.15) is 17.0 Å². The lowest BCUT2D eigenvalue weighted by Crippen LogP contribution is -1.99. The van der Waals surface area contributed by atoms with Crippen LogP contribution in [-0.4, -0.2) is 14.9 Å². The molecule has 5 aromatic rings. The van der Waals surface area contributed by atoms with Gasteiger partial charge >= 0.3 is 0 Å². The maximum Gasteiger partial charge on any atom is 0.271 e. The number of nitrogens with zero attached hydrogens (tertiary/aromatic N) is 3. The minimum atomic E-state index is -0.398. The Kier molecular flexibility index (Phi) is 5.09. The van der Waals surface area contributed by atoms with Crippen molar-refractivity contribution in [1.82, 2.24) is 9.97 Å². The molecule has 0 fully saturated rings. The van der Waals surface area contributed by atoms with Gasteiger partial charge in [0.2, 0.25) is 0 Å². The van der Waals surface area contributed by atoms with E-state index in [0.29, 0.717) is 11.5 Å². The molecule has 0 radical (unpaired) electrons. The van der Waals surface area contributed by atoms with Gasteiger partial charge in [-0.05, 0) is 29.2 Å². The van der Waals surface area contributed by atoms with Crippen molar-refractivity contribution in [3.63, 3.8) is 0 Å². The molecule has 0 unspecified atom stereocenters. The number of fused-ring (bicyclic) bond motifs is 1. The van der Waals surface area contributed by atoms with E-state index < -0.39 is 4.92 Å². The third-order valence-electron chi connectivity index (χ3n) is 5.36. The Bertz CT molecular complexity index is 1430. The fourth-order valence-corrected chi connectivity index (χ4v) is 4.56. The zero-order valence-corrected chi connectivity index (χ0v) is 18.0. The summed E-state index contributed by atoms with van der Waals surface area (Å²) in [6.07, 6.45) is 1.51. The molecule has 3 aromatic carbocycles. The average molecular weight is 439 g/mol. The van der Waals surface area contributed by atoms with Crippen LogP contribution in [0, 0.1) is 17.0 Å². The molecule has 5 rings (SSSR count). The minimum absolute atomic E-state index is 0.0328. The molecule has 0 saturated heterocycles. The van der Waals surface area contributed by atoms with Gasteiger partial charge in [-0.1, -0.05) is 60.7 Å². The number of aromatic nitrogens is 2. The summed E-state index contributed by atoms with van der Waals surface area (Å²) in [6, 6.07) is 23.4. The molecule has 32 heavy (non-hydrogen) atoms. The maximum absolute atomic E-state index is 11.2. The summed E-state index contributed by atoms with van der Waals surface area (Å²) in [5.41, 5.74) is 5.98. The molecule has 7 heteroatoms. The third kappa shape index (κ3) is 3.70. The van der Waals surface area contributed by atoms with Gasteiger partial charge in [0.05, 0.1) is 10.3 Å². The monoisotopic (exact) mass is 438 g/mol. The highest BCUT2D eigenvalue weighted by Crippen LogP contribution is 2.38. The summed E-state index contributed by atoms with van der Waals surface area (Å²) >= 11 is 1.55. The normalized spacial score (nSPS) is 10.9. The van der Waals surface area contributed by atoms with E-state index >= 15 is 0 Å². The standard InChI is InChI=1S/C25H18N4O2S/c1-16-7-12-20(29(30)31)13-22(16)28-24-23-21(14-32-25(23)27-15-26-24)19-10-8-18(9-11-19)17-5-3-2-4-6-17/h2-15H,1H3,(H,26,27,28). The number of rotatable bonds is 5. The van der Waals surface area contributed by atoms with Gasteiger partial charge in [-0.15, -0.1) is 11.3 Å². The van der Waals surface area contributed by atoms with E-state index in [9.17, 15) is 10.1 Å². The number of anilines is 2. The highest BCUT2D eigenvalue weighted by atomic mass is 32.1. The minimum Gasteiger partial charge on any atom is -0.339 e. The summed E-state index contributed by atoms with van der Waals surface area (Å²) in [4.78, 5) is 20.5. The van der Waals surface area contributed by atoms with Gasteiger partial charge in [-0.25, -0.2) is 9.97 Å². The first kappa shape index (κ1) is 19.8. The van der Waals surface area contributed by atoms with Crippen LogP contribution in [0.15, 0.2) is 84.5 Å². The number of non-ortho nitro benzene ring substituents is 1. The molecule has 0 aliphatic rings. The lowest BCUT2D eigenvalue weighted by Gasteiger charge is -2.11. The molecule has 0 aliphatic heterocycles. The van der Waals surface area contributed by atoms with Gasteiger partial charge in [-0.2, -0.15) is 0 Å². The smallest absolute Gasteiger partial charge is 0.271 e. The van der Waals surface area contributed by atoms with Crippen LogP contribution >= 0.6 is 11.3 Å². The molecule has 156 valence electrons. The number of hydrogen-bond donors (Lipinski definition) is 1. The zero-order valence-electron chi connectivity index (χ0n) is 17.1. The topological polar surface area (TPSA) is 81.0 Å². The molecular weight excluding hydrogens is 420 g/mol. The van der Waals surface area contributed by atoms with Crippen molar-refractivity contribution in [2.24, 2.45) is 0 Å². The first-order valence-electron chi connectivity index (χ1n) is 10.0. The molecule has 6 nitrogen and oxygen atoms in total. The zero-order chi connectivity index (χ0) is 22.1. The van der Waals surface area contributed by atoms with E-state index in [0.717, 1.165) is 32.5 Å². The molecule has 0 spiro atoms. The summed E-state index contributed by atoms with van der Waals surface area (Å²) in [5, 5.41) is 17.5. The summed E-state index contributed by atoms with van der Waals surface area (Å²) < 4.78 is 0. The van der Waals surface area contributed by atoms with Crippen LogP contribution in [-0.2, 0) is 0 Å². The van der Waals surface area contributed by atoms with Crippen molar-refractivity contribution < 1.29 is 4.92 Å². The van der Waals surface area contributed by atoms with Crippen molar-refractivity contribution in [2.45, 2.75) is 6.92 Å². The molecular formula is C25H18N4O2S. The molecule has 0 saturated carbocycles. The number of nitro groups is 1. The van der Waals surface area contributed by atoms with Gasteiger partial charge in [0.25, 0.3) is 5.69 Å². The fourth-order valence-electron chi connectivity index (χ4n) is 3.64. The summed E-state index contributed by atoms with van der Waals surface area (Å²) in [5.74, 6) is 0.627. The highest BCUT2D eigenvalue weighted by Gasteiger charge is 2.15. The second-order valence-corrected chi connectivity index (χ2v) is 8.23. The highest BCUT2D eigenvalue weighted by molar-refractivity contribution is 7.17. The Balaban J connectivity index is 1.56. The average Bonchev–Trinajstić information content (AvgIpc) is 3.26. The maximum atomic E-state index is 11.2. The van der Waals surface area contributed by atoms with E-state index in [-0.39, 0.29) is 5.69 Å². The van der Waals surface area contributed by atoms with E-state index in [1.165, 1.54) is 24.0 Å². The Hall–Kier alpha value is -4.10. The number of benzene rings is 3. The lowest BCUT2D eigenvalue weighted by atomic mass is 10.0. The Morgan fingerprint density at radius 2 is 1.62 bits per heavy atom. The molecule has 1 N–H and O–H groups in total. The second kappa shape index (κ2) is 8.20. The first-order valence-corrected chi connectivity index (χ1v) is 10.9. The summed E-state index contributed by atoms with van der Waals surface area (Å²) in [6.45, 7) is 1.90. The number of nitro benzene ring substituents is 1. The molecule has 0 bridgehead atoms. The largest absolute Gasteiger partial charge is 0.339 e. The van der Waals surface area contributed by atoms with E-state index in [4.69, 9.17) is 0 Å². The molecule has 0 aliphatic carbocycles. The number of aryl methyl sites for hydroxylation is 1. The van der Waals surface area contributed by atoms with Gasteiger partial charge in [-0.3, -0.25) is 10.1 Å². The van der Waals surface area contributed by atoms with Gasteiger partial charge in [0.15, 0.2) is 0 Å². The predicted molar refractivity (Wildman–Crippen MR) is 129 cm³/mol. The van der Waals surface area contributed by atoms with Crippen molar-refractivity contribution in [2.75, 3.05) is 5.32 Å². The second-order valence-electron chi connectivity index (χ2n) is 7.38. The Morgan fingerprint density at radius 1 is 0.906 bits per heavy atom. The van der Waals surface area contributed by atoms with Crippen molar-refractivity contribution in [3.05, 3.63) is 100 Å². The number of thiophene rings is 1. The van der Waals surface area contributed by atoms with Crippen LogP contribution in [0.2, 0.25) is 0 Å². The summed E-state index contributed by atoms with van der Waals surface area (Å²) in [7, 11) is 0. The van der Waals surface area contributed by atoms with Crippen LogP contribution in [0.5, 0.6) is 0 Å². The van der Waals surface area contributed by atoms with E-state index in [2.05, 4.69) is 57.1 Å². The van der Waals surface area contributed by atoms with E-state index in [1.54, 1.807) is 17.4 Å². The third-order valence-corrected chi connectivity index (χ3v) is 6.24. The lowest BCUT2D eigenvalue weighted by molar-refractivity contribution is -0.384. The van der Waals surface area contributed by atoms with E-state index in [1.807, 2.05) is 25.1 Å². The molecule has 0 atom stereocenters. The van der Waals surface area contributed by atoms with Crippen LogP contribution in [0.25, 0.3) is 32.5 Å². The SMILES string of the molecule is Cc1ccc([N+](=O)[O-])cc1Nc1ncnc2scc(-c3ccc(-c4ccccc4)cc3)c12. The van der Waals surface area contributed by atoms with Crippen molar-refractivity contribution in [3.8, 4) is 22.3 Å². The number of nitrogens with one attached hydrogen (secondary N) is 1. The van der Waals surface area contributed by atoms with Crippen molar-refractivity contribution >= 4 is 38.7 Å². The van der Waals surface area contributed by atoms with Crippen LogP contribution in [0.4, 0.5) is 17.2 Å². The molecule has 2 heterocycles. The van der Waals surface area contributed by atoms with Gasteiger partial charge in [0, 0.05) is 28.8 Å². The predicted octanol–water partition coefficient (Wildman–Crippen LogP) is 6.99. The molecule has 0 amide bonds. The quantitative estimate of drug-likeness (QED) is 0.236. The van der Waals surface area contributed by atoms with Crippen LogP contribution in [0.3, 0.4) is 0 Å².